The second kappa shape index (κ2) is 5.96. The number of nitrogens with two attached hydrogens (primary N) is 1. The fraction of sp³-hybridized carbons (Fsp3) is 0.0667. The Balaban J connectivity index is 2.25. The van der Waals surface area contributed by atoms with Crippen molar-refractivity contribution in [1.29, 1.82) is 0 Å². The van der Waals surface area contributed by atoms with Crippen molar-refractivity contribution in [3.8, 4) is 5.75 Å². The Bertz CT molecular complexity index is 682. The van der Waals surface area contributed by atoms with Crippen LogP contribution in [0.1, 0.15) is 26.3 Å². The van der Waals surface area contributed by atoms with Crippen molar-refractivity contribution in [1.82, 2.24) is 0 Å². The second-order valence-electron chi connectivity index (χ2n) is 4.32. The van der Waals surface area contributed by atoms with Crippen LogP contribution in [0.3, 0.4) is 0 Å². The van der Waals surface area contributed by atoms with E-state index < -0.39 is 17.5 Å². The van der Waals surface area contributed by atoms with E-state index in [0.717, 1.165) is 17.7 Å². The summed E-state index contributed by atoms with van der Waals surface area (Å²) in [5, 5.41) is 18.4. The number of phenolic OH excluding ortho intramolecular Hbond substituents is 1. The number of hydrogen-bond donors (Lipinski definition) is 3. The highest BCUT2D eigenvalue weighted by Gasteiger charge is 2.22. The zero-order chi connectivity index (χ0) is 15.4. The van der Waals surface area contributed by atoms with Gasteiger partial charge < -0.3 is 20.7 Å². The summed E-state index contributed by atoms with van der Waals surface area (Å²) in [4.78, 5) is 23.2. The first-order chi connectivity index (χ1) is 9.99. The Kier molecular flexibility index (Phi) is 4.08. The van der Waals surface area contributed by atoms with E-state index in [4.69, 9.17) is 15.6 Å². The Morgan fingerprint density at radius 1 is 1.14 bits per heavy atom. The number of esters is 1. The molecule has 2 aromatic rings. The molecule has 0 saturated heterocycles. The monoisotopic (exact) mass is 287 g/mol. The number of anilines is 1. The third kappa shape index (κ3) is 3.30. The maximum absolute atomic E-state index is 12.0. The first kappa shape index (κ1) is 14.4. The molecule has 108 valence electrons. The van der Waals surface area contributed by atoms with Crippen molar-refractivity contribution >= 4 is 17.6 Å². The van der Waals surface area contributed by atoms with Crippen molar-refractivity contribution in [3.05, 3.63) is 59.2 Å². The molecule has 0 spiro atoms. The van der Waals surface area contributed by atoms with E-state index in [1.165, 1.54) is 0 Å². The molecule has 0 heterocycles. The molecular weight excluding hydrogens is 274 g/mol. The van der Waals surface area contributed by atoms with E-state index in [0.29, 0.717) is 0 Å². The lowest BCUT2D eigenvalue weighted by molar-refractivity contribution is 0.0465. The van der Waals surface area contributed by atoms with Gasteiger partial charge in [0.2, 0.25) is 0 Å². The molecule has 0 radical (unpaired) electrons. The van der Waals surface area contributed by atoms with Gasteiger partial charge in [0.25, 0.3) is 0 Å². The van der Waals surface area contributed by atoms with Crippen LogP contribution in [0.15, 0.2) is 42.5 Å². The maximum Gasteiger partial charge on any atom is 0.341 e. The number of aromatic hydroxyl groups is 1. The molecule has 0 amide bonds. The predicted molar refractivity (Wildman–Crippen MR) is 75.0 cm³/mol. The SMILES string of the molecule is Nc1cc(O)cc(C(=O)O)c1C(=O)OCc1ccccc1. The number of benzene rings is 2. The van der Waals surface area contributed by atoms with Gasteiger partial charge in [-0.25, -0.2) is 9.59 Å². The number of carboxylic acid groups (broad SMARTS) is 1. The van der Waals surface area contributed by atoms with E-state index in [9.17, 15) is 14.7 Å². The van der Waals surface area contributed by atoms with Gasteiger partial charge in [-0.3, -0.25) is 0 Å². The summed E-state index contributed by atoms with van der Waals surface area (Å²) in [7, 11) is 0. The van der Waals surface area contributed by atoms with Crippen LogP contribution in [0.25, 0.3) is 0 Å². The molecule has 0 aromatic heterocycles. The van der Waals surface area contributed by atoms with Crippen molar-refractivity contribution in [2.75, 3.05) is 5.73 Å². The fourth-order valence-corrected chi connectivity index (χ4v) is 1.84. The van der Waals surface area contributed by atoms with Crippen molar-refractivity contribution in [2.45, 2.75) is 6.61 Å². The molecule has 4 N–H and O–H groups in total. The average molecular weight is 287 g/mol. The van der Waals surface area contributed by atoms with Crippen LogP contribution in [0, 0.1) is 0 Å². The first-order valence-electron chi connectivity index (χ1n) is 6.06. The van der Waals surface area contributed by atoms with E-state index in [2.05, 4.69) is 0 Å². The van der Waals surface area contributed by atoms with Gasteiger partial charge in [0, 0.05) is 6.07 Å². The van der Waals surface area contributed by atoms with Crippen LogP contribution in [0.2, 0.25) is 0 Å². The predicted octanol–water partition coefficient (Wildman–Crippen LogP) is 2.03. The summed E-state index contributed by atoms with van der Waals surface area (Å²) < 4.78 is 5.06. The van der Waals surface area contributed by atoms with Crippen molar-refractivity contribution in [3.63, 3.8) is 0 Å². The molecule has 0 aliphatic heterocycles. The lowest BCUT2D eigenvalue weighted by atomic mass is 10.0. The maximum atomic E-state index is 12.0. The lowest BCUT2D eigenvalue weighted by Gasteiger charge is -2.10. The summed E-state index contributed by atoms with van der Waals surface area (Å²) >= 11 is 0. The van der Waals surface area contributed by atoms with Gasteiger partial charge in [0.15, 0.2) is 0 Å². The largest absolute Gasteiger partial charge is 0.508 e. The van der Waals surface area contributed by atoms with Crippen LogP contribution in [0.5, 0.6) is 5.75 Å². The molecule has 6 heteroatoms. The van der Waals surface area contributed by atoms with Gasteiger partial charge in [-0.15, -0.1) is 0 Å². The highest BCUT2D eigenvalue weighted by atomic mass is 16.5. The second-order valence-corrected chi connectivity index (χ2v) is 4.32. The van der Waals surface area contributed by atoms with Crippen molar-refractivity contribution in [2.24, 2.45) is 0 Å². The van der Waals surface area contributed by atoms with E-state index in [-0.39, 0.29) is 23.6 Å². The molecule has 0 bridgehead atoms. The van der Waals surface area contributed by atoms with E-state index >= 15 is 0 Å². The summed E-state index contributed by atoms with van der Waals surface area (Å²) in [6.07, 6.45) is 0. The quantitative estimate of drug-likeness (QED) is 0.586. The number of carbonyl (C=O) groups is 2. The number of carbonyl (C=O) groups excluding carboxylic acids is 1. The highest BCUT2D eigenvalue weighted by molar-refractivity contribution is 6.06. The Labute approximate surface area is 120 Å². The number of rotatable bonds is 4. The van der Waals surface area contributed by atoms with Crippen LogP contribution >= 0.6 is 0 Å². The summed E-state index contributed by atoms with van der Waals surface area (Å²) in [6.45, 7) is -0.000944. The molecule has 0 fully saturated rings. The summed E-state index contributed by atoms with van der Waals surface area (Å²) in [6, 6.07) is 11.0. The molecule has 0 atom stereocenters. The minimum atomic E-state index is -1.37. The third-order valence-electron chi connectivity index (χ3n) is 2.80. The van der Waals surface area contributed by atoms with Crippen LogP contribution in [-0.2, 0) is 11.3 Å². The molecule has 0 saturated carbocycles. The van der Waals surface area contributed by atoms with Crippen molar-refractivity contribution < 1.29 is 24.5 Å². The molecule has 2 aromatic carbocycles. The molecular formula is C15H13NO5. The average Bonchev–Trinajstić information content (AvgIpc) is 2.45. The Morgan fingerprint density at radius 3 is 2.43 bits per heavy atom. The van der Waals surface area contributed by atoms with Crippen LogP contribution < -0.4 is 5.73 Å². The highest BCUT2D eigenvalue weighted by Crippen LogP contribution is 2.25. The fourth-order valence-electron chi connectivity index (χ4n) is 1.84. The third-order valence-corrected chi connectivity index (χ3v) is 2.80. The molecule has 0 unspecified atom stereocenters. The van der Waals surface area contributed by atoms with Gasteiger partial charge in [0.05, 0.1) is 16.8 Å². The number of aromatic carboxylic acids is 1. The number of phenols is 1. The normalized spacial score (nSPS) is 10.1. The zero-order valence-corrected chi connectivity index (χ0v) is 10.9. The minimum Gasteiger partial charge on any atom is -0.508 e. The first-order valence-corrected chi connectivity index (χ1v) is 6.06. The van der Waals surface area contributed by atoms with Gasteiger partial charge >= 0.3 is 11.9 Å². The molecule has 0 aliphatic rings. The number of ether oxygens (including phenoxy) is 1. The molecule has 0 aliphatic carbocycles. The van der Waals surface area contributed by atoms with Gasteiger partial charge in [-0.1, -0.05) is 30.3 Å². The van der Waals surface area contributed by atoms with E-state index in [1.807, 2.05) is 6.07 Å². The van der Waals surface area contributed by atoms with Gasteiger partial charge in [-0.05, 0) is 11.6 Å². The zero-order valence-electron chi connectivity index (χ0n) is 10.9. The minimum absolute atomic E-state index is 0.000944. The summed E-state index contributed by atoms with van der Waals surface area (Å²) in [5.41, 5.74) is 5.56. The Morgan fingerprint density at radius 2 is 1.81 bits per heavy atom. The topological polar surface area (TPSA) is 110 Å². The standard InChI is InChI=1S/C15H13NO5/c16-12-7-10(17)6-11(14(18)19)13(12)15(20)21-8-9-4-2-1-3-5-9/h1-7,17H,8,16H2,(H,18,19). The molecule has 6 nitrogen and oxygen atoms in total. The summed E-state index contributed by atoms with van der Waals surface area (Å²) in [5.74, 6) is -2.55. The smallest absolute Gasteiger partial charge is 0.341 e. The number of nitrogen functional groups attached to an aromatic ring is 1. The van der Waals surface area contributed by atoms with Gasteiger partial charge in [-0.2, -0.15) is 0 Å². The van der Waals surface area contributed by atoms with Crippen LogP contribution in [0.4, 0.5) is 5.69 Å². The molecule has 21 heavy (non-hydrogen) atoms. The van der Waals surface area contributed by atoms with E-state index in [1.54, 1.807) is 24.3 Å². The number of carboxylic acids is 1. The lowest BCUT2D eigenvalue weighted by Crippen LogP contribution is -2.14. The van der Waals surface area contributed by atoms with Crippen LogP contribution in [-0.4, -0.2) is 22.2 Å². The van der Waals surface area contributed by atoms with Gasteiger partial charge in [0.1, 0.15) is 12.4 Å². The number of hydrogen-bond acceptors (Lipinski definition) is 5. The Hall–Kier alpha value is -3.02. The molecule has 2 rings (SSSR count).